The molecular formula is C12H11ClFIN2O. The lowest BCUT2D eigenvalue weighted by atomic mass is 10.1. The van der Waals surface area contributed by atoms with E-state index >= 15 is 0 Å². The van der Waals surface area contributed by atoms with Crippen LogP contribution in [-0.2, 0) is 0 Å². The second-order valence-corrected chi connectivity index (χ2v) is 5.57. The Morgan fingerprint density at radius 3 is 2.61 bits per heavy atom. The van der Waals surface area contributed by atoms with Crippen molar-refractivity contribution >= 4 is 45.2 Å². The summed E-state index contributed by atoms with van der Waals surface area (Å²) < 4.78 is 19.3. The average molecular weight is 381 g/mol. The van der Waals surface area contributed by atoms with Crippen LogP contribution in [-0.4, -0.2) is 17.1 Å². The third-order valence-electron chi connectivity index (χ3n) is 2.56. The molecule has 2 rings (SSSR count). The van der Waals surface area contributed by atoms with Gasteiger partial charge >= 0.3 is 0 Å². The maximum Gasteiger partial charge on any atom is 0.180 e. The van der Waals surface area contributed by atoms with Crippen molar-refractivity contribution in [1.82, 2.24) is 9.97 Å². The second kappa shape index (κ2) is 5.13. The molecule has 0 unspecified atom stereocenters. The molecule has 3 nitrogen and oxygen atoms in total. The monoisotopic (exact) mass is 380 g/mol. The number of hydrogen-bond acceptors (Lipinski definition) is 3. The van der Waals surface area contributed by atoms with Crippen molar-refractivity contribution < 1.29 is 9.13 Å². The minimum atomic E-state index is -0.420. The van der Waals surface area contributed by atoms with Crippen LogP contribution < -0.4 is 4.74 Å². The molecule has 0 atom stereocenters. The number of nitrogens with zero attached hydrogens (tertiary/aromatic N) is 2. The number of ether oxygens (including phenoxy) is 1. The van der Waals surface area contributed by atoms with Crippen molar-refractivity contribution in [3.8, 4) is 5.75 Å². The van der Waals surface area contributed by atoms with Gasteiger partial charge in [-0.05, 0) is 28.5 Å². The van der Waals surface area contributed by atoms with Crippen LogP contribution in [0, 0.1) is 9.39 Å². The summed E-state index contributed by atoms with van der Waals surface area (Å²) in [6.45, 7) is 3.93. The van der Waals surface area contributed by atoms with E-state index in [0.717, 1.165) is 0 Å². The molecule has 18 heavy (non-hydrogen) atoms. The molecule has 2 aromatic rings. The molecule has 0 amide bonds. The number of fused-ring (bicyclic) bond motifs is 1. The fourth-order valence-electron chi connectivity index (χ4n) is 1.62. The quantitative estimate of drug-likeness (QED) is 0.734. The summed E-state index contributed by atoms with van der Waals surface area (Å²) in [7, 11) is 1.41. The first kappa shape index (κ1) is 13.7. The number of benzene rings is 1. The van der Waals surface area contributed by atoms with Crippen LogP contribution in [0.4, 0.5) is 4.39 Å². The highest BCUT2D eigenvalue weighted by molar-refractivity contribution is 14.1. The van der Waals surface area contributed by atoms with Crippen LogP contribution in [0.25, 0.3) is 11.0 Å². The molecule has 0 bridgehead atoms. The Bertz CT molecular complexity index is 619. The van der Waals surface area contributed by atoms with Gasteiger partial charge in [0.15, 0.2) is 16.7 Å². The zero-order chi connectivity index (χ0) is 13.4. The highest BCUT2D eigenvalue weighted by atomic mass is 127. The lowest BCUT2D eigenvalue weighted by molar-refractivity contribution is 0.386. The zero-order valence-electron chi connectivity index (χ0n) is 10.1. The largest absolute Gasteiger partial charge is 0.494 e. The molecule has 0 fully saturated rings. The van der Waals surface area contributed by atoms with Gasteiger partial charge in [0.1, 0.15) is 5.52 Å². The molecule has 0 radical (unpaired) electrons. The van der Waals surface area contributed by atoms with Crippen LogP contribution in [0.2, 0.25) is 5.15 Å². The van der Waals surface area contributed by atoms with Gasteiger partial charge in [0.2, 0.25) is 0 Å². The van der Waals surface area contributed by atoms with E-state index in [1.807, 2.05) is 36.4 Å². The van der Waals surface area contributed by atoms with Gasteiger partial charge in [-0.25, -0.2) is 14.4 Å². The van der Waals surface area contributed by atoms with Gasteiger partial charge in [0.25, 0.3) is 0 Å². The van der Waals surface area contributed by atoms with Crippen molar-refractivity contribution in [1.29, 1.82) is 0 Å². The summed E-state index contributed by atoms with van der Waals surface area (Å²) in [4.78, 5) is 8.67. The Hall–Kier alpha value is -0.690. The number of hydrogen-bond donors (Lipinski definition) is 0. The van der Waals surface area contributed by atoms with Gasteiger partial charge in [-0.2, -0.15) is 0 Å². The molecular weight excluding hydrogens is 370 g/mol. The first-order valence-corrected chi connectivity index (χ1v) is 6.80. The van der Waals surface area contributed by atoms with E-state index in [1.54, 1.807) is 0 Å². The summed E-state index contributed by atoms with van der Waals surface area (Å²) in [6.07, 6.45) is 0. The average Bonchev–Trinajstić information content (AvgIpc) is 2.32. The molecule has 0 spiro atoms. The molecule has 0 N–H and O–H groups in total. The van der Waals surface area contributed by atoms with Crippen LogP contribution in [0.5, 0.6) is 5.75 Å². The lowest BCUT2D eigenvalue weighted by Crippen LogP contribution is -2.01. The first-order chi connectivity index (χ1) is 8.45. The molecule has 1 aromatic heterocycles. The summed E-state index contributed by atoms with van der Waals surface area (Å²) in [5.41, 5.74) is 1.72. The van der Waals surface area contributed by atoms with E-state index < -0.39 is 5.82 Å². The fourth-order valence-corrected chi connectivity index (χ4v) is 2.63. The lowest BCUT2D eigenvalue weighted by Gasteiger charge is -2.11. The fraction of sp³-hybridized carbons (Fsp3) is 0.333. The molecule has 6 heteroatoms. The van der Waals surface area contributed by atoms with Gasteiger partial charge < -0.3 is 4.74 Å². The van der Waals surface area contributed by atoms with Crippen molar-refractivity contribution in [3.63, 3.8) is 0 Å². The predicted octanol–water partition coefficient (Wildman–Crippen LogP) is 4.16. The summed E-state index contributed by atoms with van der Waals surface area (Å²) in [5, 5.41) is 0.349. The second-order valence-electron chi connectivity index (χ2n) is 4.13. The topological polar surface area (TPSA) is 35.0 Å². The number of aromatic nitrogens is 2. The minimum Gasteiger partial charge on any atom is -0.494 e. The normalized spacial score (nSPS) is 11.3. The summed E-state index contributed by atoms with van der Waals surface area (Å²) >= 11 is 7.98. The Morgan fingerprint density at radius 2 is 2.06 bits per heavy atom. The Labute approximate surface area is 123 Å². The number of methoxy groups -OCH3 is 1. The van der Waals surface area contributed by atoms with E-state index in [2.05, 4.69) is 9.97 Å². The molecule has 1 aromatic carbocycles. The molecule has 0 aliphatic carbocycles. The third-order valence-corrected chi connectivity index (χ3v) is 3.82. The minimum absolute atomic E-state index is 0.135. The standard InChI is InChI=1S/C12H11ClFIN2O/c1-5(2)10-12(13)16-6-4-7(18-3)8(14)9(15)11(6)17-10/h4-5H,1-3H3. The highest BCUT2D eigenvalue weighted by Crippen LogP contribution is 2.31. The van der Waals surface area contributed by atoms with E-state index in [1.165, 1.54) is 13.2 Å². The van der Waals surface area contributed by atoms with E-state index in [9.17, 15) is 4.39 Å². The van der Waals surface area contributed by atoms with Gasteiger partial charge in [-0.3, -0.25) is 0 Å². The van der Waals surface area contributed by atoms with Gasteiger partial charge in [0, 0.05) is 6.07 Å². The first-order valence-electron chi connectivity index (χ1n) is 5.34. The van der Waals surface area contributed by atoms with Crippen LogP contribution >= 0.6 is 34.2 Å². The predicted molar refractivity (Wildman–Crippen MR) is 77.9 cm³/mol. The molecule has 96 valence electrons. The summed E-state index contributed by atoms with van der Waals surface area (Å²) in [5.74, 6) is -0.137. The Morgan fingerprint density at radius 1 is 1.39 bits per heavy atom. The van der Waals surface area contributed by atoms with Gasteiger partial charge in [-0.1, -0.05) is 25.4 Å². The molecule has 1 heterocycles. The van der Waals surface area contributed by atoms with Crippen molar-refractivity contribution in [2.24, 2.45) is 0 Å². The highest BCUT2D eigenvalue weighted by Gasteiger charge is 2.17. The van der Waals surface area contributed by atoms with E-state index in [4.69, 9.17) is 16.3 Å². The van der Waals surface area contributed by atoms with Gasteiger partial charge in [-0.15, -0.1) is 0 Å². The van der Waals surface area contributed by atoms with Gasteiger partial charge in [0.05, 0.1) is 21.9 Å². The molecule has 0 aliphatic rings. The van der Waals surface area contributed by atoms with E-state index in [0.29, 0.717) is 25.5 Å². The molecule has 0 aliphatic heterocycles. The maximum absolute atomic E-state index is 13.9. The number of halogens is 3. The van der Waals surface area contributed by atoms with Crippen molar-refractivity contribution in [3.05, 3.63) is 26.3 Å². The molecule has 0 saturated heterocycles. The van der Waals surface area contributed by atoms with Crippen molar-refractivity contribution in [2.75, 3.05) is 7.11 Å². The third kappa shape index (κ3) is 2.25. The van der Waals surface area contributed by atoms with Crippen molar-refractivity contribution in [2.45, 2.75) is 19.8 Å². The zero-order valence-corrected chi connectivity index (χ0v) is 13.0. The van der Waals surface area contributed by atoms with Crippen LogP contribution in [0.1, 0.15) is 25.5 Å². The smallest absolute Gasteiger partial charge is 0.180 e. The Kier molecular flexibility index (Phi) is 3.91. The van der Waals surface area contributed by atoms with Crippen LogP contribution in [0.3, 0.4) is 0 Å². The SMILES string of the molecule is COc1cc2nc(Cl)c(C(C)C)nc2c(I)c1F. The maximum atomic E-state index is 13.9. The Balaban J connectivity index is 2.82. The number of rotatable bonds is 2. The molecule has 0 saturated carbocycles. The summed E-state index contributed by atoms with van der Waals surface area (Å²) in [6, 6.07) is 1.51. The van der Waals surface area contributed by atoms with E-state index in [-0.39, 0.29) is 11.7 Å². The van der Waals surface area contributed by atoms with Crippen LogP contribution in [0.15, 0.2) is 6.07 Å².